The fourth-order valence-electron chi connectivity index (χ4n) is 6.19. The summed E-state index contributed by atoms with van der Waals surface area (Å²) in [6, 6.07) is 47.9. The van der Waals surface area contributed by atoms with Crippen LogP contribution < -0.4 is 0 Å². The van der Waals surface area contributed by atoms with E-state index in [1.165, 1.54) is 20.2 Å². The predicted octanol–water partition coefficient (Wildman–Crippen LogP) is 10.8. The molecule has 0 amide bonds. The van der Waals surface area contributed by atoms with E-state index in [4.69, 9.17) is 19.4 Å². The van der Waals surface area contributed by atoms with Gasteiger partial charge in [0, 0.05) is 47.6 Å². The minimum absolute atomic E-state index is 0.612. The highest BCUT2D eigenvalue weighted by molar-refractivity contribution is 7.25. The molecule has 4 nitrogen and oxygen atoms in total. The molecule has 206 valence electrons. The maximum atomic E-state index is 6.41. The van der Waals surface area contributed by atoms with Crippen molar-refractivity contribution < 1.29 is 4.42 Å². The van der Waals surface area contributed by atoms with Crippen molar-refractivity contribution in [2.45, 2.75) is 0 Å². The lowest BCUT2D eigenvalue weighted by Crippen LogP contribution is -2.01. The Morgan fingerprint density at radius 2 is 1.02 bits per heavy atom. The summed E-state index contributed by atoms with van der Waals surface area (Å²) in [7, 11) is 0. The molecule has 0 aliphatic rings. The second kappa shape index (κ2) is 9.97. The van der Waals surface area contributed by atoms with Crippen LogP contribution in [0.4, 0.5) is 0 Å². The van der Waals surface area contributed by atoms with Crippen LogP contribution in [0.15, 0.2) is 144 Å². The topological polar surface area (TPSA) is 51.8 Å². The third kappa shape index (κ3) is 3.94. The van der Waals surface area contributed by atoms with Gasteiger partial charge in [0.25, 0.3) is 0 Å². The second-order valence-corrected chi connectivity index (χ2v) is 11.9. The molecule has 0 bridgehead atoms. The summed E-state index contributed by atoms with van der Waals surface area (Å²) in [5.74, 6) is 1.87. The first kappa shape index (κ1) is 24.9. The predicted molar refractivity (Wildman–Crippen MR) is 182 cm³/mol. The van der Waals surface area contributed by atoms with Gasteiger partial charge >= 0.3 is 0 Å². The Balaban J connectivity index is 1.43. The van der Waals surface area contributed by atoms with E-state index in [0.717, 1.165) is 49.8 Å². The average Bonchev–Trinajstić information content (AvgIpc) is 3.67. The molecular formula is C39H23N3OS. The van der Waals surface area contributed by atoms with Gasteiger partial charge in [-0.15, -0.1) is 11.3 Å². The van der Waals surface area contributed by atoms with Crippen molar-refractivity contribution in [2.24, 2.45) is 0 Å². The molecule has 9 rings (SSSR count). The molecule has 9 aromatic rings. The van der Waals surface area contributed by atoms with Crippen molar-refractivity contribution in [2.75, 3.05) is 0 Å². The quantitative estimate of drug-likeness (QED) is 0.207. The Hall–Kier alpha value is -5.65. The average molecular weight is 582 g/mol. The number of aromatic nitrogens is 3. The van der Waals surface area contributed by atoms with Crippen LogP contribution in [0.1, 0.15) is 0 Å². The first-order valence-electron chi connectivity index (χ1n) is 14.5. The van der Waals surface area contributed by atoms with Gasteiger partial charge in [0.1, 0.15) is 11.2 Å². The van der Waals surface area contributed by atoms with Crippen molar-refractivity contribution in [3.63, 3.8) is 0 Å². The smallest absolute Gasteiger partial charge is 0.165 e. The highest BCUT2D eigenvalue weighted by atomic mass is 32.1. The molecule has 5 heteroatoms. The van der Waals surface area contributed by atoms with E-state index in [2.05, 4.69) is 66.7 Å². The van der Waals surface area contributed by atoms with E-state index in [1.807, 2.05) is 84.1 Å². The van der Waals surface area contributed by atoms with Gasteiger partial charge in [-0.1, -0.05) is 109 Å². The zero-order chi connectivity index (χ0) is 29.0. The first-order chi connectivity index (χ1) is 21.8. The van der Waals surface area contributed by atoms with Crippen LogP contribution in [0.3, 0.4) is 0 Å². The molecule has 0 fully saturated rings. The van der Waals surface area contributed by atoms with E-state index in [1.54, 1.807) is 0 Å². The van der Waals surface area contributed by atoms with Crippen LogP contribution in [0.5, 0.6) is 0 Å². The molecule has 0 atom stereocenters. The zero-order valence-corrected chi connectivity index (χ0v) is 24.3. The summed E-state index contributed by atoms with van der Waals surface area (Å²) in [4.78, 5) is 15.4. The number of hydrogen-bond donors (Lipinski definition) is 0. The summed E-state index contributed by atoms with van der Waals surface area (Å²) in [5, 5.41) is 4.52. The molecule has 3 heterocycles. The Labute approximate surface area is 256 Å². The van der Waals surface area contributed by atoms with E-state index < -0.39 is 0 Å². The van der Waals surface area contributed by atoms with Crippen molar-refractivity contribution in [3.8, 4) is 45.3 Å². The molecule has 0 aliphatic carbocycles. The number of benzene rings is 6. The summed E-state index contributed by atoms with van der Waals surface area (Å²) in [6.07, 6.45) is 0. The van der Waals surface area contributed by atoms with Crippen LogP contribution in [0.2, 0.25) is 0 Å². The number of thiophene rings is 1. The van der Waals surface area contributed by atoms with E-state index in [0.29, 0.717) is 17.5 Å². The van der Waals surface area contributed by atoms with Crippen LogP contribution in [0.25, 0.3) is 87.4 Å². The molecule has 0 saturated carbocycles. The number of furan rings is 1. The number of para-hydroxylation sites is 1. The molecule has 44 heavy (non-hydrogen) atoms. The Kier molecular flexibility index (Phi) is 5.64. The largest absolute Gasteiger partial charge is 0.456 e. The van der Waals surface area contributed by atoms with Crippen LogP contribution in [-0.2, 0) is 0 Å². The number of rotatable bonds is 4. The van der Waals surface area contributed by atoms with E-state index >= 15 is 0 Å². The highest BCUT2D eigenvalue weighted by Crippen LogP contribution is 2.46. The molecule has 0 radical (unpaired) electrons. The molecule has 3 aromatic heterocycles. The summed E-state index contributed by atoms with van der Waals surface area (Å²) >= 11 is 1.82. The van der Waals surface area contributed by atoms with Gasteiger partial charge in [-0.2, -0.15) is 0 Å². The van der Waals surface area contributed by atoms with Gasteiger partial charge in [-0.3, -0.25) is 0 Å². The van der Waals surface area contributed by atoms with Crippen molar-refractivity contribution in [3.05, 3.63) is 140 Å². The van der Waals surface area contributed by atoms with Crippen LogP contribution in [0, 0.1) is 0 Å². The maximum Gasteiger partial charge on any atom is 0.165 e. The molecule has 6 aromatic carbocycles. The fourth-order valence-corrected chi connectivity index (χ4v) is 7.32. The first-order valence-corrected chi connectivity index (χ1v) is 15.4. The highest BCUT2D eigenvalue weighted by Gasteiger charge is 2.23. The van der Waals surface area contributed by atoms with Gasteiger partial charge in [-0.25, -0.2) is 15.0 Å². The molecular weight excluding hydrogens is 559 g/mol. The number of hydrogen-bond acceptors (Lipinski definition) is 5. The monoisotopic (exact) mass is 581 g/mol. The van der Waals surface area contributed by atoms with Gasteiger partial charge < -0.3 is 4.42 Å². The fraction of sp³-hybridized carbons (Fsp3) is 0. The van der Waals surface area contributed by atoms with Gasteiger partial charge in [0.2, 0.25) is 0 Å². The molecule has 0 saturated heterocycles. The Bertz CT molecular complexity index is 2440. The Morgan fingerprint density at radius 1 is 0.409 bits per heavy atom. The number of fused-ring (bicyclic) bond motifs is 6. The van der Waals surface area contributed by atoms with E-state index in [-0.39, 0.29) is 0 Å². The van der Waals surface area contributed by atoms with Crippen molar-refractivity contribution in [1.82, 2.24) is 15.0 Å². The van der Waals surface area contributed by atoms with Gasteiger partial charge in [0.15, 0.2) is 17.5 Å². The van der Waals surface area contributed by atoms with Gasteiger partial charge in [0.05, 0.1) is 0 Å². The minimum atomic E-state index is 0.612. The normalized spacial score (nSPS) is 11.6. The van der Waals surface area contributed by atoms with Crippen molar-refractivity contribution in [1.29, 1.82) is 0 Å². The lowest BCUT2D eigenvalue weighted by molar-refractivity contribution is 0.669. The lowest BCUT2D eigenvalue weighted by Gasteiger charge is -2.14. The molecule has 0 N–H and O–H groups in total. The third-order valence-corrected chi connectivity index (χ3v) is 9.30. The zero-order valence-electron chi connectivity index (χ0n) is 23.4. The summed E-state index contributed by atoms with van der Waals surface area (Å²) in [6.45, 7) is 0. The molecule has 0 unspecified atom stereocenters. The maximum absolute atomic E-state index is 6.41. The Morgan fingerprint density at radius 3 is 1.77 bits per heavy atom. The third-order valence-electron chi connectivity index (χ3n) is 8.16. The van der Waals surface area contributed by atoms with Crippen molar-refractivity contribution >= 4 is 53.4 Å². The second-order valence-electron chi connectivity index (χ2n) is 10.8. The molecule has 0 aliphatic heterocycles. The minimum Gasteiger partial charge on any atom is -0.456 e. The summed E-state index contributed by atoms with van der Waals surface area (Å²) < 4.78 is 8.92. The van der Waals surface area contributed by atoms with E-state index in [9.17, 15) is 0 Å². The van der Waals surface area contributed by atoms with Crippen LogP contribution >= 0.6 is 11.3 Å². The SMILES string of the molecule is c1ccc(-c2nc(-c3ccccc3)nc(-c3c(-c4cccc5sc6ccccc6c45)ccc4oc5ccccc5c34)n2)cc1. The standard InChI is InChI=1S/C39H23N3OS/c1-3-12-24(13-4-1)37-40-38(25-14-5-2-6-15-25)42-39(41-37)36-27(22-23-31-35(36)28-16-7-9-19-30(28)43-31)26-18-11-21-33-34(26)29-17-8-10-20-32(29)44-33/h1-23H. The lowest BCUT2D eigenvalue weighted by atomic mass is 9.92. The number of nitrogens with zero attached hydrogens (tertiary/aromatic N) is 3. The van der Waals surface area contributed by atoms with Gasteiger partial charge in [-0.05, 0) is 41.5 Å². The summed E-state index contributed by atoms with van der Waals surface area (Å²) in [5.41, 5.74) is 6.64. The van der Waals surface area contributed by atoms with Crippen LogP contribution in [-0.4, -0.2) is 15.0 Å². The molecule has 0 spiro atoms.